The number of sulfonamides is 1. The Morgan fingerprint density at radius 3 is 2.52 bits per heavy atom. The van der Waals surface area contributed by atoms with E-state index in [2.05, 4.69) is 24.4 Å². The molecule has 2 aromatic rings. The molecule has 0 radical (unpaired) electrons. The number of carbonyl (C=O) groups excluding carboxylic acids is 1. The zero-order valence-electron chi connectivity index (χ0n) is 17.8. The lowest BCUT2D eigenvalue weighted by Crippen LogP contribution is -2.32. The number of amides is 1. The lowest BCUT2D eigenvalue weighted by atomic mass is 10.1. The Labute approximate surface area is 194 Å². The van der Waals surface area contributed by atoms with Crippen LogP contribution in [0.2, 0.25) is 5.02 Å². The predicted octanol–water partition coefficient (Wildman–Crippen LogP) is 4.88. The van der Waals surface area contributed by atoms with Crippen LogP contribution in [0.4, 0.5) is 0 Å². The number of hydrogen-bond donors (Lipinski definition) is 1. The molecule has 0 unspecified atom stereocenters. The molecule has 1 N–H and O–H groups in total. The number of thioether (sulfide) groups is 1. The Balaban J connectivity index is 1.59. The highest BCUT2D eigenvalue weighted by Crippen LogP contribution is 2.25. The van der Waals surface area contributed by atoms with Crippen molar-refractivity contribution in [1.29, 1.82) is 0 Å². The molecule has 0 aliphatic carbocycles. The number of benzene rings is 2. The van der Waals surface area contributed by atoms with Crippen molar-refractivity contribution in [1.82, 2.24) is 9.62 Å². The van der Waals surface area contributed by atoms with Crippen molar-refractivity contribution in [3.8, 4) is 0 Å². The highest BCUT2D eigenvalue weighted by atomic mass is 35.5. The number of nitrogens with zero attached hydrogens (tertiary/aromatic N) is 1. The predicted molar refractivity (Wildman–Crippen MR) is 128 cm³/mol. The molecule has 0 spiro atoms. The Hall–Kier alpha value is -1.54. The largest absolute Gasteiger partial charge is 0.351 e. The van der Waals surface area contributed by atoms with E-state index in [-0.39, 0.29) is 21.4 Å². The standard InChI is InChI=1S/C23H29ClN2O3S2/c1-18-8-4-5-9-19(18)17-30-15-12-25-23(27)21-16-20(10-11-22(21)24)31(28,29)26-13-6-2-3-7-14-26/h4-5,8-11,16H,2-3,6-7,12-15,17H2,1H3,(H,25,27). The summed E-state index contributed by atoms with van der Waals surface area (Å²) in [6.45, 7) is 3.61. The second-order valence-corrected chi connectivity index (χ2v) is 11.1. The van der Waals surface area contributed by atoms with Crippen molar-refractivity contribution in [2.45, 2.75) is 43.3 Å². The molecular formula is C23H29ClN2O3S2. The summed E-state index contributed by atoms with van der Waals surface area (Å²) in [5.41, 5.74) is 2.74. The van der Waals surface area contributed by atoms with E-state index < -0.39 is 10.0 Å². The third-order valence-corrected chi connectivity index (χ3v) is 8.67. The molecule has 1 heterocycles. The zero-order valence-corrected chi connectivity index (χ0v) is 20.2. The fourth-order valence-corrected chi connectivity index (χ4v) is 6.24. The average Bonchev–Trinajstić information content (AvgIpc) is 3.05. The summed E-state index contributed by atoms with van der Waals surface area (Å²) in [6.07, 6.45) is 3.81. The summed E-state index contributed by atoms with van der Waals surface area (Å²) >= 11 is 7.96. The Morgan fingerprint density at radius 1 is 1.10 bits per heavy atom. The van der Waals surface area contributed by atoms with Crippen molar-refractivity contribution in [2.75, 3.05) is 25.4 Å². The normalized spacial score (nSPS) is 15.4. The van der Waals surface area contributed by atoms with Crippen molar-refractivity contribution >= 4 is 39.3 Å². The Bertz CT molecular complexity index is 1000. The molecular weight excluding hydrogens is 452 g/mol. The topological polar surface area (TPSA) is 66.5 Å². The summed E-state index contributed by atoms with van der Waals surface area (Å²) in [7, 11) is -3.63. The molecule has 0 bridgehead atoms. The lowest BCUT2D eigenvalue weighted by Gasteiger charge is -2.20. The van der Waals surface area contributed by atoms with Crippen molar-refractivity contribution < 1.29 is 13.2 Å². The molecule has 31 heavy (non-hydrogen) atoms. The molecule has 0 aromatic heterocycles. The van der Waals surface area contributed by atoms with Crippen LogP contribution < -0.4 is 5.32 Å². The highest BCUT2D eigenvalue weighted by molar-refractivity contribution is 7.98. The van der Waals surface area contributed by atoms with E-state index >= 15 is 0 Å². The van der Waals surface area contributed by atoms with Gasteiger partial charge in [0.15, 0.2) is 0 Å². The quantitative estimate of drug-likeness (QED) is 0.547. The van der Waals surface area contributed by atoms with Gasteiger partial charge in [0.2, 0.25) is 10.0 Å². The molecule has 168 valence electrons. The van der Waals surface area contributed by atoms with Crippen LogP contribution in [0.25, 0.3) is 0 Å². The molecule has 0 saturated carbocycles. The summed E-state index contributed by atoms with van der Waals surface area (Å²) in [6, 6.07) is 12.6. The first-order valence-corrected chi connectivity index (χ1v) is 13.6. The van der Waals surface area contributed by atoms with E-state index in [1.54, 1.807) is 11.8 Å². The molecule has 3 rings (SSSR count). The van der Waals surface area contributed by atoms with Crippen LogP contribution in [0.3, 0.4) is 0 Å². The van der Waals surface area contributed by atoms with Crippen LogP contribution in [-0.4, -0.2) is 44.0 Å². The van der Waals surface area contributed by atoms with Gasteiger partial charge in [-0.2, -0.15) is 16.1 Å². The first-order valence-electron chi connectivity index (χ1n) is 10.6. The van der Waals surface area contributed by atoms with E-state index in [1.807, 2.05) is 12.1 Å². The van der Waals surface area contributed by atoms with E-state index in [9.17, 15) is 13.2 Å². The number of carbonyl (C=O) groups is 1. The maximum absolute atomic E-state index is 13.0. The number of hydrogen-bond acceptors (Lipinski definition) is 4. The summed E-state index contributed by atoms with van der Waals surface area (Å²) < 4.78 is 27.6. The van der Waals surface area contributed by atoms with Crippen LogP contribution in [0.15, 0.2) is 47.4 Å². The Morgan fingerprint density at radius 2 is 1.81 bits per heavy atom. The Kier molecular flexibility index (Phi) is 8.84. The monoisotopic (exact) mass is 480 g/mol. The van der Waals surface area contributed by atoms with Crippen LogP contribution in [0.1, 0.15) is 47.2 Å². The first-order chi connectivity index (χ1) is 14.9. The van der Waals surface area contributed by atoms with Crippen LogP contribution in [-0.2, 0) is 15.8 Å². The minimum atomic E-state index is -3.63. The molecule has 1 aliphatic heterocycles. The lowest BCUT2D eigenvalue weighted by molar-refractivity contribution is 0.0956. The van der Waals surface area contributed by atoms with E-state index in [4.69, 9.17) is 11.6 Å². The van der Waals surface area contributed by atoms with Gasteiger partial charge in [0.25, 0.3) is 5.91 Å². The van der Waals surface area contributed by atoms with Gasteiger partial charge in [0.05, 0.1) is 15.5 Å². The fourth-order valence-electron chi connectivity index (χ4n) is 3.56. The molecule has 2 aromatic carbocycles. The second-order valence-electron chi connectivity index (χ2n) is 7.69. The molecule has 8 heteroatoms. The average molecular weight is 481 g/mol. The third kappa shape index (κ3) is 6.48. The van der Waals surface area contributed by atoms with Crippen molar-refractivity contribution in [2.24, 2.45) is 0 Å². The van der Waals surface area contributed by atoms with E-state index in [0.29, 0.717) is 19.6 Å². The van der Waals surface area contributed by atoms with Crippen LogP contribution >= 0.6 is 23.4 Å². The second kappa shape index (κ2) is 11.4. The van der Waals surface area contributed by atoms with Crippen molar-refractivity contribution in [3.63, 3.8) is 0 Å². The van der Waals surface area contributed by atoms with Gasteiger partial charge in [-0.3, -0.25) is 4.79 Å². The van der Waals surface area contributed by atoms with Gasteiger partial charge < -0.3 is 5.32 Å². The maximum Gasteiger partial charge on any atom is 0.252 e. The number of aryl methyl sites for hydroxylation is 1. The summed E-state index contributed by atoms with van der Waals surface area (Å²) in [4.78, 5) is 12.8. The highest BCUT2D eigenvalue weighted by Gasteiger charge is 2.26. The number of nitrogens with one attached hydrogen (secondary N) is 1. The van der Waals surface area contributed by atoms with Gasteiger partial charge in [-0.25, -0.2) is 8.42 Å². The molecule has 1 aliphatic rings. The molecule has 0 atom stereocenters. The van der Waals surface area contributed by atoms with Gasteiger partial charge in [-0.05, 0) is 49.1 Å². The maximum atomic E-state index is 13.0. The third-order valence-electron chi connectivity index (χ3n) is 5.44. The molecule has 1 saturated heterocycles. The first kappa shape index (κ1) is 24.1. The summed E-state index contributed by atoms with van der Waals surface area (Å²) in [5.74, 6) is 1.28. The number of halogens is 1. The van der Waals surface area contributed by atoms with Gasteiger partial charge in [0, 0.05) is 31.1 Å². The molecule has 5 nitrogen and oxygen atoms in total. The van der Waals surface area contributed by atoms with Gasteiger partial charge in [0.1, 0.15) is 0 Å². The molecule has 1 fully saturated rings. The van der Waals surface area contributed by atoms with Crippen molar-refractivity contribution in [3.05, 3.63) is 64.2 Å². The van der Waals surface area contributed by atoms with Crippen LogP contribution in [0.5, 0.6) is 0 Å². The van der Waals surface area contributed by atoms with Gasteiger partial charge in [-0.15, -0.1) is 0 Å². The SMILES string of the molecule is Cc1ccccc1CSCCNC(=O)c1cc(S(=O)(=O)N2CCCCCC2)ccc1Cl. The van der Waals surface area contributed by atoms with Gasteiger partial charge >= 0.3 is 0 Å². The minimum Gasteiger partial charge on any atom is -0.351 e. The zero-order chi connectivity index (χ0) is 22.3. The van der Waals surface area contributed by atoms with E-state index in [0.717, 1.165) is 37.2 Å². The van der Waals surface area contributed by atoms with E-state index in [1.165, 1.54) is 33.6 Å². The van der Waals surface area contributed by atoms with Crippen LogP contribution in [0, 0.1) is 6.92 Å². The fraction of sp³-hybridized carbons (Fsp3) is 0.435. The number of rotatable bonds is 8. The van der Waals surface area contributed by atoms with Gasteiger partial charge in [-0.1, -0.05) is 48.7 Å². The summed E-state index contributed by atoms with van der Waals surface area (Å²) in [5, 5.41) is 3.11. The minimum absolute atomic E-state index is 0.123. The smallest absolute Gasteiger partial charge is 0.252 e. The molecule has 1 amide bonds.